The highest BCUT2D eigenvalue weighted by Crippen LogP contribution is 2.29. The van der Waals surface area contributed by atoms with Gasteiger partial charge in [0.2, 0.25) is 0 Å². The van der Waals surface area contributed by atoms with Crippen LogP contribution in [0.3, 0.4) is 0 Å². The summed E-state index contributed by atoms with van der Waals surface area (Å²) in [6.45, 7) is 0. The fourth-order valence-corrected chi connectivity index (χ4v) is 4.62. The molecule has 1 aromatic heterocycles. The number of nitrogens with one attached hydrogen (secondary N) is 2. The van der Waals surface area contributed by atoms with Gasteiger partial charge < -0.3 is 25.3 Å². The van der Waals surface area contributed by atoms with E-state index in [1.165, 1.54) is 25.0 Å². The van der Waals surface area contributed by atoms with Crippen molar-refractivity contribution in [3.8, 4) is 17.1 Å². The van der Waals surface area contributed by atoms with Gasteiger partial charge in [-0.15, -0.1) is 0 Å². The summed E-state index contributed by atoms with van der Waals surface area (Å²) in [5.41, 5.74) is 1.32. The Bertz CT molecular complexity index is 1220. The molecule has 0 spiro atoms. The number of amides is 1. The third-order valence-electron chi connectivity index (χ3n) is 6.51. The number of H-pyrrole nitrogens is 1. The molecule has 3 aromatic rings. The summed E-state index contributed by atoms with van der Waals surface area (Å²) in [4.78, 5) is 44.2. The predicted molar refractivity (Wildman–Crippen MR) is 134 cm³/mol. The van der Waals surface area contributed by atoms with E-state index in [-0.39, 0.29) is 22.5 Å². The van der Waals surface area contributed by atoms with Crippen LogP contribution in [0.2, 0.25) is 0 Å². The maximum absolute atomic E-state index is 13.3. The Morgan fingerprint density at radius 1 is 0.972 bits per heavy atom. The number of imidazole rings is 1. The number of aromatic amines is 1. The largest absolute Gasteiger partial charge is 0.497 e. The SMILES string of the molecule is COc1ccc(-c2nc(C(=O)Nc3cc(C(=O)O)cc(C(=O)O)c3)c(CC3CCCCCC3)[nH]2)cc1. The molecule has 4 rings (SSSR count). The zero-order valence-corrected chi connectivity index (χ0v) is 20.0. The zero-order chi connectivity index (χ0) is 25.7. The van der Waals surface area contributed by atoms with E-state index in [4.69, 9.17) is 4.74 Å². The van der Waals surface area contributed by atoms with E-state index in [9.17, 15) is 24.6 Å². The first-order valence-corrected chi connectivity index (χ1v) is 12.0. The minimum Gasteiger partial charge on any atom is -0.497 e. The molecule has 9 nitrogen and oxygen atoms in total. The third kappa shape index (κ3) is 5.91. The van der Waals surface area contributed by atoms with Crippen molar-refractivity contribution in [1.29, 1.82) is 0 Å². The summed E-state index contributed by atoms with van der Waals surface area (Å²) in [5, 5.41) is 21.4. The molecule has 36 heavy (non-hydrogen) atoms. The van der Waals surface area contributed by atoms with Crippen LogP contribution in [0.1, 0.15) is 75.4 Å². The highest BCUT2D eigenvalue weighted by atomic mass is 16.5. The van der Waals surface area contributed by atoms with Crippen molar-refractivity contribution in [2.75, 3.05) is 12.4 Å². The van der Waals surface area contributed by atoms with E-state index in [1.807, 2.05) is 24.3 Å². The number of hydrogen-bond donors (Lipinski definition) is 4. The number of nitrogens with zero attached hydrogens (tertiary/aromatic N) is 1. The van der Waals surface area contributed by atoms with E-state index in [0.29, 0.717) is 29.6 Å². The highest BCUT2D eigenvalue weighted by Gasteiger charge is 2.23. The zero-order valence-electron chi connectivity index (χ0n) is 20.0. The summed E-state index contributed by atoms with van der Waals surface area (Å²) >= 11 is 0. The van der Waals surface area contributed by atoms with Crippen molar-refractivity contribution in [2.45, 2.75) is 44.9 Å². The van der Waals surface area contributed by atoms with Crippen LogP contribution in [0.15, 0.2) is 42.5 Å². The van der Waals surface area contributed by atoms with Crippen LogP contribution in [0.4, 0.5) is 5.69 Å². The Kier molecular flexibility index (Phi) is 7.68. The van der Waals surface area contributed by atoms with Gasteiger partial charge in [0.15, 0.2) is 0 Å². The third-order valence-corrected chi connectivity index (χ3v) is 6.51. The standard InChI is InChI=1S/C27H29N3O6/c1-36-21-10-8-17(9-11-21)24-29-22(12-16-6-4-2-3-5-7-16)23(30-24)25(31)28-20-14-18(26(32)33)13-19(15-20)27(34)35/h8-11,13-16H,2-7,12H2,1H3,(H,28,31)(H,29,30)(H,32,33)(H,34,35). The van der Waals surface area contributed by atoms with E-state index >= 15 is 0 Å². The van der Waals surface area contributed by atoms with E-state index in [1.54, 1.807) is 7.11 Å². The Morgan fingerprint density at radius 2 is 1.58 bits per heavy atom. The van der Waals surface area contributed by atoms with Crippen LogP contribution < -0.4 is 10.1 Å². The number of ether oxygens (including phenoxy) is 1. The minimum atomic E-state index is -1.29. The molecule has 1 heterocycles. The summed E-state index contributed by atoms with van der Waals surface area (Å²) in [6.07, 6.45) is 7.59. The lowest BCUT2D eigenvalue weighted by Gasteiger charge is -2.14. The van der Waals surface area contributed by atoms with Crippen LogP contribution in [0, 0.1) is 5.92 Å². The van der Waals surface area contributed by atoms with E-state index in [2.05, 4.69) is 15.3 Å². The molecule has 0 atom stereocenters. The maximum Gasteiger partial charge on any atom is 0.335 e. The molecule has 0 bridgehead atoms. The van der Waals surface area contributed by atoms with Gasteiger partial charge in [0, 0.05) is 16.9 Å². The van der Waals surface area contributed by atoms with Crippen molar-refractivity contribution >= 4 is 23.5 Å². The van der Waals surface area contributed by atoms with Crippen LogP contribution in [0.5, 0.6) is 5.75 Å². The van der Waals surface area contributed by atoms with Gasteiger partial charge in [-0.05, 0) is 54.8 Å². The van der Waals surface area contributed by atoms with E-state index in [0.717, 1.165) is 37.3 Å². The first-order valence-electron chi connectivity index (χ1n) is 12.0. The Labute approximate surface area is 208 Å². The molecule has 188 valence electrons. The van der Waals surface area contributed by atoms with Crippen LogP contribution in [-0.4, -0.2) is 45.1 Å². The summed E-state index contributed by atoms with van der Waals surface area (Å²) in [6, 6.07) is 10.8. The van der Waals surface area contributed by atoms with Crippen molar-refractivity contribution < 1.29 is 29.3 Å². The molecule has 0 radical (unpaired) electrons. The number of anilines is 1. The van der Waals surface area contributed by atoms with Crippen LogP contribution >= 0.6 is 0 Å². The first-order chi connectivity index (χ1) is 17.3. The monoisotopic (exact) mass is 491 g/mol. The van der Waals surface area contributed by atoms with Crippen molar-refractivity contribution in [3.63, 3.8) is 0 Å². The summed E-state index contributed by atoms with van der Waals surface area (Å²) in [5.74, 6) is -1.44. The second-order valence-electron chi connectivity index (χ2n) is 9.07. The molecular formula is C27H29N3O6. The molecule has 2 aromatic carbocycles. The van der Waals surface area contributed by atoms with Gasteiger partial charge >= 0.3 is 11.9 Å². The number of benzene rings is 2. The van der Waals surface area contributed by atoms with Crippen molar-refractivity contribution in [2.24, 2.45) is 5.92 Å². The molecule has 4 N–H and O–H groups in total. The molecule has 0 aliphatic heterocycles. The normalized spacial score (nSPS) is 14.1. The summed E-state index contributed by atoms with van der Waals surface area (Å²) in [7, 11) is 1.59. The van der Waals surface area contributed by atoms with Gasteiger partial charge in [0.1, 0.15) is 17.3 Å². The highest BCUT2D eigenvalue weighted by molar-refractivity contribution is 6.05. The van der Waals surface area contributed by atoms with Gasteiger partial charge in [0.25, 0.3) is 5.91 Å². The predicted octanol–water partition coefficient (Wildman–Crippen LogP) is 5.25. The number of rotatable bonds is 8. The quantitative estimate of drug-likeness (QED) is 0.315. The number of carboxylic acid groups (broad SMARTS) is 2. The molecule has 1 aliphatic carbocycles. The number of hydrogen-bond acceptors (Lipinski definition) is 5. The molecule has 0 saturated heterocycles. The van der Waals surface area contributed by atoms with Gasteiger partial charge in [-0.1, -0.05) is 38.5 Å². The van der Waals surface area contributed by atoms with E-state index < -0.39 is 17.8 Å². The second kappa shape index (κ2) is 11.1. The van der Waals surface area contributed by atoms with Gasteiger partial charge in [-0.3, -0.25) is 4.79 Å². The lowest BCUT2D eigenvalue weighted by atomic mass is 9.94. The molecule has 0 unspecified atom stereocenters. The number of carboxylic acids is 2. The molecule has 1 fully saturated rings. The number of methoxy groups -OCH3 is 1. The minimum absolute atomic E-state index is 0.0757. The molecule has 9 heteroatoms. The Hall–Kier alpha value is -4.14. The van der Waals surface area contributed by atoms with Gasteiger partial charge in [-0.2, -0.15) is 0 Å². The van der Waals surface area contributed by atoms with Crippen LogP contribution in [0.25, 0.3) is 11.4 Å². The number of aromatic nitrogens is 2. The average molecular weight is 492 g/mol. The van der Waals surface area contributed by atoms with Gasteiger partial charge in [0.05, 0.1) is 18.2 Å². The fourth-order valence-electron chi connectivity index (χ4n) is 4.62. The van der Waals surface area contributed by atoms with Gasteiger partial charge in [-0.25, -0.2) is 14.6 Å². The summed E-state index contributed by atoms with van der Waals surface area (Å²) < 4.78 is 5.23. The average Bonchev–Trinajstić information content (AvgIpc) is 3.11. The second-order valence-corrected chi connectivity index (χ2v) is 9.07. The van der Waals surface area contributed by atoms with Crippen molar-refractivity contribution in [1.82, 2.24) is 9.97 Å². The Balaban J connectivity index is 1.67. The smallest absolute Gasteiger partial charge is 0.335 e. The molecular weight excluding hydrogens is 462 g/mol. The topological polar surface area (TPSA) is 142 Å². The van der Waals surface area contributed by atoms with Crippen molar-refractivity contribution in [3.05, 3.63) is 65.0 Å². The maximum atomic E-state index is 13.3. The molecule has 1 aliphatic rings. The fraction of sp³-hybridized carbons (Fsp3) is 0.333. The number of carbonyl (C=O) groups is 3. The lowest BCUT2D eigenvalue weighted by Crippen LogP contribution is -2.17. The molecule has 1 saturated carbocycles. The first kappa shape index (κ1) is 25.0. The number of carbonyl (C=O) groups excluding carboxylic acids is 1. The number of aromatic carboxylic acids is 2. The molecule has 1 amide bonds. The lowest BCUT2D eigenvalue weighted by molar-refractivity contribution is 0.0696. The van der Waals surface area contributed by atoms with Crippen LogP contribution in [-0.2, 0) is 6.42 Å². The Morgan fingerprint density at radius 3 is 2.14 bits per heavy atom.